The number of rotatable bonds is 2. The molecule has 0 aromatic heterocycles. The van der Waals surface area contributed by atoms with Crippen LogP contribution in [0.4, 0.5) is 0 Å². The quantitative estimate of drug-likeness (QED) is 0.819. The summed E-state index contributed by atoms with van der Waals surface area (Å²) in [4.78, 5) is 11.7. The van der Waals surface area contributed by atoms with Crippen molar-refractivity contribution in [2.45, 2.75) is 19.9 Å². The summed E-state index contributed by atoms with van der Waals surface area (Å²) in [5.41, 5.74) is 1.65. The monoisotopic (exact) mass is 265 g/mol. The Morgan fingerprint density at radius 3 is 2.80 bits per heavy atom. The van der Waals surface area contributed by atoms with Gasteiger partial charge < -0.3 is 5.32 Å². The minimum Gasteiger partial charge on any atom is -0.339 e. The fraction of sp³-hybridized carbons (Fsp3) is 0.250. The Kier molecular flexibility index (Phi) is 3.93. The summed E-state index contributed by atoms with van der Waals surface area (Å²) >= 11 is 3.38. The van der Waals surface area contributed by atoms with Gasteiger partial charge in [-0.1, -0.05) is 21.9 Å². The van der Waals surface area contributed by atoms with Gasteiger partial charge in [-0.3, -0.25) is 4.79 Å². The lowest BCUT2D eigenvalue weighted by Gasteiger charge is -2.08. The van der Waals surface area contributed by atoms with Crippen LogP contribution in [0.5, 0.6) is 0 Å². The Morgan fingerprint density at radius 1 is 1.60 bits per heavy atom. The molecule has 0 aliphatic heterocycles. The molecule has 0 saturated carbocycles. The van der Waals surface area contributed by atoms with Crippen molar-refractivity contribution in [2.75, 3.05) is 0 Å². The molecule has 0 bridgehead atoms. The van der Waals surface area contributed by atoms with Crippen LogP contribution >= 0.6 is 15.9 Å². The highest BCUT2D eigenvalue weighted by Gasteiger charge is 2.08. The van der Waals surface area contributed by atoms with E-state index >= 15 is 0 Å². The van der Waals surface area contributed by atoms with Gasteiger partial charge in [0.15, 0.2) is 0 Å². The van der Waals surface area contributed by atoms with E-state index < -0.39 is 0 Å². The number of hydrogen-bond acceptors (Lipinski definition) is 1. The zero-order valence-corrected chi connectivity index (χ0v) is 10.3. The third-order valence-electron chi connectivity index (χ3n) is 2.02. The summed E-state index contributed by atoms with van der Waals surface area (Å²) in [6.07, 6.45) is 5.18. The van der Waals surface area contributed by atoms with E-state index in [1.165, 1.54) is 0 Å². The van der Waals surface area contributed by atoms with E-state index in [9.17, 15) is 4.79 Å². The van der Waals surface area contributed by atoms with E-state index in [2.05, 4.69) is 27.2 Å². The van der Waals surface area contributed by atoms with Gasteiger partial charge in [0, 0.05) is 10.0 Å². The first kappa shape index (κ1) is 11.8. The normalized spacial score (nSPS) is 11.6. The number of carbonyl (C=O) groups excluding carboxylic acids is 1. The highest BCUT2D eigenvalue weighted by Crippen LogP contribution is 2.16. The van der Waals surface area contributed by atoms with Crippen molar-refractivity contribution >= 4 is 21.8 Å². The predicted molar refractivity (Wildman–Crippen MR) is 64.6 cm³/mol. The molecular formula is C12H12BrNO. The topological polar surface area (TPSA) is 29.1 Å². The number of aryl methyl sites for hydroxylation is 1. The lowest BCUT2D eigenvalue weighted by molar-refractivity contribution is 0.0948. The van der Waals surface area contributed by atoms with Gasteiger partial charge in [0.25, 0.3) is 5.91 Å². The SMILES string of the molecule is C#CC(C)NC(=O)c1ccc(Br)c(C)c1. The Balaban J connectivity index is 2.84. The van der Waals surface area contributed by atoms with Crippen molar-refractivity contribution in [3.05, 3.63) is 33.8 Å². The van der Waals surface area contributed by atoms with Crippen molar-refractivity contribution in [1.82, 2.24) is 5.32 Å². The maximum absolute atomic E-state index is 11.7. The molecule has 0 aliphatic carbocycles. The molecular weight excluding hydrogens is 254 g/mol. The van der Waals surface area contributed by atoms with Crippen LogP contribution in [-0.2, 0) is 0 Å². The van der Waals surface area contributed by atoms with Crippen molar-refractivity contribution in [3.63, 3.8) is 0 Å². The minimum absolute atomic E-state index is 0.143. The Morgan fingerprint density at radius 2 is 2.27 bits per heavy atom. The number of terminal acetylenes is 1. The molecule has 1 amide bonds. The zero-order valence-electron chi connectivity index (χ0n) is 8.67. The molecule has 1 rings (SSSR count). The van der Waals surface area contributed by atoms with Gasteiger partial charge in [0.2, 0.25) is 0 Å². The van der Waals surface area contributed by atoms with Gasteiger partial charge in [-0.25, -0.2) is 0 Å². The van der Waals surface area contributed by atoms with E-state index in [1.807, 2.05) is 19.1 Å². The molecule has 1 atom stereocenters. The molecule has 0 saturated heterocycles. The summed E-state index contributed by atoms with van der Waals surface area (Å²) in [7, 11) is 0. The molecule has 0 fully saturated rings. The molecule has 2 nitrogen and oxygen atoms in total. The van der Waals surface area contributed by atoms with Crippen LogP contribution < -0.4 is 5.32 Å². The van der Waals surface area contributed by atoms with Crippen molar-refractivity contribution in [3.8, 4) is 12.3 Å². The second-order valence-corrected chi connectivity index (χ2v) is 4.18. The second kappa shape index (κ2) is 4.99. The number of carbonyl (C=O) groups is 1. The van der Waals surface area contributed by atoms with Gasteiger partial charge in [-0.2, -0.15) is 0 Å². The molecule has 0 heterocycles. The molecule has 1 unspecified atom stereocenters. The van der Waals surface area contributed by atoms with Crippen LogP contribution in [0.3, 0.4) is 0 Å². The summed E-state index contributed by atoms with van der Waals surface area (Å²) in [5, 5.41) is 2.70. The third-order valence-corrected chi connectivity index (χ3v) is 2.91. The second-order valence-electron chi connectivity index (χ2n) is 3.33. The number of halogens is 1. The summed E-state index contributed by atoms with van der Waals surface area (Å²) in [5.74, 6) is 2.31. The highest BCUT2D eigenvalue weighted by molar-refractivity contribution is 9.10. The largest absolute Gasteiger partial charge is 0.339 e. The molecule has 78 valence electrons. The Bertz CT molecular complexity index is 420. The van der Waals surface area contributed by atoms with Gasteiger partial charge in [-0.05, 0) is 37.6 Å². The summed E-state index contributed by atoms with van der Waals surface area (Å²) in [6, 6.07) is 5.18. The van der Waals surface area contributed by atoms with E-state index in [0.717, 1.165) is 10.0 Å². The average Bonchev–Trinajstić information content (AvgIpc) is 2.21. The lowest BCUT2D eigenvalue weighted by Crippen LogP contribution is -2.31. The predicted octanol–water partition coefficient (Wildman–Crippen LogP) is 2.51. The minimum atomic E-state index is -0.249. The van der Waals surface area contributed by atoms with Crippen molar-refractivity contribution in [2.24, 2.45) is 0 Å². The summed E-state index contributed by atoms with van der Waals surface area (Å²) < 4.78 is 0.990. The summed E-state index contributed by atoms with van der Waals surface area (Å²) in [6.45, 7) is 3.70. The Labute approximate surface area is 98.2 Å². The van der Waals surface area contributed by atoms with Crippen LogP contribution in [0.15, 0.2) is 22.7 Å². The van der Waals surface area contributed by atoms with Gasteiger partial charge in [-0.15, -0.1) is 6.42 Å². The van der Waals surface area contributed by atoms with Crippen molar-refractivity contribution in [1.29, 1.82) is 0 Å². The first-order valence-electron chi connectivity index (χ1n) is 4.57. The lowest BCUT2D eigenvalue weighted by atomic mass is 10.1. The Hall–Kier alpha value is -1.27. The van der Waals surface area contributed by atoms with E-state index in [1.54, 1.807) is 13.0 Å². The molecule has 1 aromatic carbocycles. The van der Waals surface area contributed by atoms with Gasteiger partial charge >= 0.3 is 0 Å². The maximum Gasteiger partial charge on any atom is 0.252 e. The van der Waals surface area contributed by atoms with E-state index in [4.69, 9.17) is 6.42 Å². The third kappa shape index (κ3) is 3.10. The van der Waals surface area contributed by atoms with E-state index in [-0.39, 0.29) is 11.9 Å². The molecule has 0 aliphatic rings. The smallest absolute Gasteiger partial charge is 0.252 e. The zero-order chi connectivity index (χ0) is 11.4. The molecule has 0 spiro atoms. The number of hydrogen-bond donors (Lipinski definition) is 1. The molecule has 1 aromatic rings. The molecule has 3 heteroatoms. The molecule has 0 radical (unpaired) electrons. The van der Waals surface area contributed by atoms with Crippen LogP contribution in [0, 0.1) is 19.3 Å². The van der Waals surface area contributed by atoms with Crippen LogP contribution in [-0.4, -0.2) is 11.9 Å². The van der Waals surface area contributed by atoms with Crippen LogP contribution in [0.2, 0.25) is 0 Å². The number of nitrogens with one attached hydrogen (secondary N) is 1. The standard InChI is InChI=1S/C12H12BrNO/c1-4-9(3)14-12(15)10-5-6-11(13)8(2)7-10/h1,5-7,9H,2-3H3,(H,14,15). The van der Waals surface area contributed by atoms with E-state index in [0.29, 0.717) is 5.56 Å². The first-order valence-corrected chi connectivity index (χ1v) is 5.37. The fourth-order valence-corrected chi connectivity index (χ4v) is 1.35. The average molecular weight is 266 g/mol. The first-order chi connectivity index (χ1) is 7.04. The molecule has 15 heavy (non-hydrogen) atoms. The molecule has 1 N–H and O–H groups in total. The van der Waals surface area contributed by atoms with Crippen LogP contribution in [0.25, 0.3) is 0 Å². The number of benzene rings is 1. The highest BCUT2D eigenvalue weighted by atomic mass is 79.9. The number of amides is 1. The van der Waals surface area contributed by atoms with Crippen LogP contribution in [0.1, 0.15) is 22.8 Å². The van der Waals surface area contributed by atoms with Gasteiger partial charge in [0.05, 0.1) is 6.04 Å². The maximum atomic E-state index is 11.7. The fourth-order valence-electron chi connectivity index (χ4n) is 1.11. The van der Waals surface area contributed by atoms with Crippen molar-refractivity contribution < 1.29 is 4.79 Å². The van der Waals surface area contributed by atoms with Gasteiger partial charge in [0.1, 0.15) is 0 Å².